The van der Waals surface area contributed by atoms with Crippen molar-refractivity contribution < 1.29 is 19.6 Å². The van der Waals surface area contributed by atoms with Crippen LogP contribution in [0.25, 0.3) is 0 Å². The third-order valence-electron chi connectivity index (χ3n) is 2.35. The Hall–Kier alpha value is -2.64. The first-order chi connectivity index (χ1) is 8.81. The van der Waals surface area contributed by atoms with Crippen LogP contribution in [0.1, 0.15) is 23.7 Å². The van der Waals surface area contributed by atoms with Gasteiger partial charge in [0.2, 0.25) is 5.91 Å². The van der Waals surface area contributed by atoms with Crippen LogP contribution >= 0.6 is 0 Å². The van der Waals surface area contributed by atoms with E-state index in [1.807, 2.05) is 0 Å². The fraction of sp³-hybridized carbons (Fsp3) is 0.273. The Kier molecular flexibility index (Phi) is 4.41. The van der Waals surface area contributed by atoms with Crippen molar-refractivity contribution in [3.8, 4) is 0 Å². The molecule has 102 valence electrons. The van der Waals surface area contributed by atoms with Crippen molar-refractivity contribution in [2.75, 3.05) is 5.32 Å². The topological polar surface area (TPSA) is 136 Å². The van der Waals surface area contributed by atoms with Crippen LogP contribution in [0, 0.1) is 10.1 Å². The molecule has 4 N–H and O–H groups in total. The lowest BCUT2D eigenvalue weighted by Crippen LogP contribution is -2.24. The third-order valence-corrected chi connectivity index (χ3v) is 2.35. The average molecular weight is 267 g/mol. The molecule has 0 saturated heterocycles. The Labute approximate surface area is 108 Å². The number of hydrogen-bond donors (Lipinski definition) is 3. The number of aromatic carboxylic acids is 1. The van der Waals surface area contributed by atoms with E-state index in [1.54, 1.807) is 6.92 Å². The molecule has 1 unspecified atom stereocenters. The predicted molar refractivity (Wildman–Crippen MR) is 67.0 cm³/mol. The second-order valence-corrected chi connectivity index (χ2v) is 4.01. The number of hydrogen-bond acceptors (Lipinski definition) is 5. The minimum absolute atomic E-state index is 0.0239. The lowest BCUT2D eigenvalue weighted by Gasteiger charge is -2.15. The number of amides is 1. The Morgan fingerprint density at radius 3 is 2.63 bits per heavy atom. The molecule has 19 heavy (non-hydrogen) atoms. The van der Waals surface area contributed by atoms with Gasteiger partial charge in [-0.05, 0) is 13.0 Å². The summed E-state index contributed by atoms with van der Waals surface area (Å²) in [6.45, 7) is 1.65. The number of rotatable bonds is 6. The SMILES string of the molecule is CC(CC(N)=O)Nc1ccc([N+](=O)[O-])cc1C(=O)O. The van der Waals surface area contributed by atoms with Gasteiger partial charge in [0.1, 0.15) is 0 Å². The molecular formula is C11H13N3O5. The Balaban J connectivity index is 3.03. The third kappa shape index (κ3) is 3.95. The molecule has 0 fully saturated rings. The highest BCUT2D eigenvalue weighted by Crippen LogP contribution is 2.23. The van der Waals surface area contributed by atoms with Crippen molar-refractivity contribution in [3.63, 3.8) is 0 Å². The van der Waals surface area contributed by atoms with E-state index >= 15 is 0 Å². The number of anilines is 1. The maximum Gasteiger partial charge on any atom is 0.338 e. The second kappa shape index (κ2) is 5.80. The fourth-order valence-corrected chi connectivity index (χ4v) is 1.57. The van der Waals surface area contributed by atoms with Gasteiger partial charge in [-0.25, -0.2) is 4.79 Å². The summed E-state index contributed by atoms with van der Waals surface area (Å²) in [5, 5.41) is 22.4. The zero-order valence-corrected chi connectivity index (χ0v) is 10.1. The molecule has 8 heteroatoms. The van der Waals surface area contributed by atoms with Gasteiger partial charge in [-0.1, -0.05) is 0 Å². The molecule has 1 aromatic carbocycles. The van der Waals surface area contributed by atoms with Gasteiger partial charge in [0.15, 0.2) is 0 Å². The van der Waals surface area contributed by atoms with Crippen LogP contribution in [-0.2, 0) is 4.79 Å². The molecule has 0 saturated carbocycles. The van der Waals surface area contributed by atoms with E-state index < -0.39 is 16.8 Å². The summed E-state index contributed by atoms with van der Waals surface area (Å²) >= 11 is 0. The highest BCUT2D eigenvalue weighted by molar-refractivity contribution is 5.95. The summed E-state index contributed by atoms with van der Waals surface area (Å²) in [5.41, 5.74) is 4.68. The number of carboxylic acid groups (broad SMARTS) is 1. The average Bonchev–Trinajstić information content (AvgIpc) is 2.27. The van der Waals surface area contributed by atoms with Crippen LogP contribution in [0.2, 0.25) is 0 Å². The number of nitro groups is 1. The van der Waals surface area contributed by atoms with E-state index in [-0.39, 0.29) is 29.4 Å². The second-order valence-electron chi connectivity index (χ2n) is 4.01. The van der Waals surface area contributed by atoms with Gasteiger partial charge in [0.05, 0.1) is 10.5 Å². The zero-order chi connectivity index (χ0) is 14.6. The fourth-order valence-electron chi connectivity index (χ4n) is 1.57. The first kappa shape index (κ1) is 14.4. The van der Waals surface area contributed by atoms with E-state index in [2.05, 4.69) is 5.32 Å². The molecule has 1 aromatic rings. The van der Waals surface area contributed by atoms with Crippen LogP contribution in [0.4, 0.5) is 11.4 Å². The number of benzene rings is 1. The normalized spacial score (nSPS) is 11.6. The Morgan fingerprint density at radius 2 is 2.16 bits per heavy atom. The molecule has 0 spiro atoms. The smallest absolute Gasteiger partial charge is 0.338 e. The molecule has 0 heterocycles. The summed E-state index contributed by atoms with van der Waals surface area (Å²) in [6.07, 6.45) is 0.0239. The van der Waals surface area contributed by atoms with Crippen LogP contribution in [-0.4, -0.2) is 27.9 Å². The molecule has 0 aliphatic heterocycles. The van der Waals surface area contributed by atoms with Crippen molar-refractivity contribution in [1.82, 2.24) is 0 Å². The maximum atomic E-state index is 11.0. The maximum absolute atomic E-state index is 11.0. The standard InChI is InChI=1S/C11H13N3O5/c1-6(4-10(12)15)13-9-3-2-7(14(18)19)5-8(9)11(16)17/h2-3,5-6,13H,4H2,1H3,(H2,12,15)(H,16,17). The van der Waals surface area contributed by atoms with Crippen molar-refractivity contribution in [2.45, 2.75) is 19.4 Å². The zero-order valence-electron chi connectivity index (χ0n) is 10.1. The van der Waals surface area contributed by atoms with Crippen LogP contribution in [0.5, 0.6) is 0 Å². The van der Waals surface area contributed by atoms with E-state index in [4.69, 9.17) is 10.8 Å². The van der Waals surface area contributed by atoms with Gasteiger partial charge < -0.3 is 16.2 Å². The Morgan fingerprint density at radius 1 is 1.53 bits per heavy atom. The van der Waals surface area contributed by atoms with Crippen molar-refractivity contribution in [2.24, 2.45) is 5.73 Å². The Bertz CT molecular complexity index is 529. The highest BCUT2D eigenvalue weighted by Gasteiger charge is 2.17. The first-order valence-corrected chi connectivity index (χ1v) is 5.38. The number of nitro benzene ring substituents is 1. The first-order valence-electron chi connectivity index (χ1n) is 5.38. The van der Waals surface area contributed by atoms with Crippen LogP contribution < -0.4 is 11.1 Å². The lowest BCUT2D eigenvalue weighted by atomic mass is 10.1. The summed E-state index contributed by atoms with van der Waals surface area (Å²) in [5.74, 6) is -1.82. The molecule has 1 rings (SSSR count). The van der Waals surface area contributed by atoms with E-state index in [1.165, 1.54) is 12.1 Å². The minimum Gasteiger partial charge on any atom is -0.478 e. The number of non-ortho nitro benzene ring substituents is 1. The summed E-state index contributed by atoms with van der Waals surface area (Å²) in [4.78, 5) is 31.7. The van der Waals surface area contributed by atoms with Gasteiger partial charge in [-0.3, -0.25) is 14.9 Å². The number of carboxylic acids is 1. The molecule has 8 nitrogen and oxygen atoms in total. The molecule has 0 radical (unpaired) electrons. The van der Waals surface area contributed by atoms with Crippen molar-refractivity contribution in [3.05, 3.63) is 33.9 Å². The van der Waals surface area contributed by atoms with Crippen molar-refractivity contribution in [1.29, 1.82) is 0 Å². The van der Waals surface area contributed by atoms with Crippen LogP contribution in [0.3, 0.4) is 0 Å². The van der Waals surface area contributed by atoms with Gasteiger partial charge in [-0.15, -0.1) is 0 Å². The number of primary amides is 1. The molecule has 1 amide bonds. The molecular weight excluding hydrogens is 254 g/mol. The number of carbonyl (C=O) groups excluding carboxylic acids is 1. The summed E-state index contributed by atoms with van der Waals surface area (Å²) < 4.78 is 0. The van der Waals surface area contributed by atoms with E-state index in [0.29, 0.717) is 0 Å². The monoisotopic (exact) mass is 267 g/mol. The predicted octanol–water partition coefficient (Wildman–Crippen LogP) is 0.969. The van der Waals surface area contributed by atoms with Crippen LogP contribution in [0.15, 0.2) is 18.2 Å². The summed E-state index contributed by atoms with van der Waals surface area (Å²) in [6, 6.07) is 3.06. The van der Waals surface area contributed by atoms with Gasteiger partial charge >= 0.3 is 5.97 Å². The number of nitrogens with two attached hydrogens (primary N) is 1. The molecule has 0 bridgehead atoms. The van der Waals surface area contributed by atoms with Gasteiger partial charge in [0, 0.05) is 30.3 Å². The largest absolute Gasteiger partial charge is 0.478 e. The number of nitrogens with one attached hydrogen (secondary N) is 1. The number of nitrogens with zero attached hydrogens (tertiary/aromatic N) is 1. The molecule has 0 aromatic heterocycles. The van der Waals surface area contributed by atoms with E-state index in [9.17, 15) is 19.7 Å². The lowest BCUT2D eigenvalue weighted by molar-refractivity contribution is -0.384. The summed E-state index contributed by atoms with van der Waals surface area (Å²) in [7, 11) is 0. The van der Waals surface area contributed by atoms with Crippen molar-refractivity contribution >= 4 is 23.3 Å². The molecule has 0 aliphatic rings. The quantitative estimate of drug-likeness (QED) is 0.519. The highest BCUT2D eigenvalue weighted by atomic mass is 16.6. The van der Waals surface area contributed by atoms with Gasteiger partial charge in [-0.2, -0.15) is 0 Å². The molecule has 0 aliphatic carbocycles. The molecule has 1 atom stereocenters. The number of carbonyl (C=O) groups is 2. The minimum atomic E-state index is -1.29. The van der Waals surface area contributed by atoms with Gasteiger partial charge in [0.25, 0.3) is 5.69 Å². The van der Waals surface area contributed by atoms with E-state index in [0.717, 1.165) is 6.07 Å².